The summed E-state index contributed by atoms with van der Waals surface area (Å²) < 4.78 is 5.53. The Labute approximate surface area is 60.6 Å². The fraction of sp³-hybridized carbons (Fsp3) is 0.625. The van der Waals surface area contributed by atoms with Crippen molar-refractivity contribution in [2.24, 2.45) is 0 Å². The van der Waals surface area contributed by atoms with Crippen molar-refractivity contribution in [2.75, 3.05) is 13.2 Å². The average molecular weight is 138 g/mol. The van der Waals surface area contributed by atoms with Crippen molar-refractivity contribution < 1.29 is 9.73 Å². The van der Waals surface area contributed by atoms with Gasteiger partial charge in [-0.3, -0.25) is 0 Å². The zero-order valence-electron chi connectivity index (χ0n) is 5.97. The molecule has 0 amide bonds. The van der Waals surface area contributed by atoms with Gasteiger partial charge in [-0.2, -0.15) is 0 Å². The smallest absolute Gasteiger partial charge is 0.203 e. The van der Waals surface area contributed by atoms with E-state index in [0.717, 1.165) is 26.0 Å². The lowest BCUT2D eigenvalue weighted by molar-refractivity contribution is -0.475. The van der Waals surface area contributed by atoms with E-state index >= 15 is 0 Å². The van der Waals surface area contributed by atoms with Crippen LogP contribution in [0.25, 0.3) is 0 Å². The third-order valence-corrected chi connectivity index (χ3v) is 1.99. The number of fused-ring (bicyclic) bond motifs is 1. The molecule has 0 bridgehead atoms. The van der Waals surface area contributed by atoms with Gasteiger partial charge in [-0.05, 0) is 12.8 Å². The second kappa shape index (κ2) is 2.54. The quantitative estimate of drug-likeness (QED) is 0.468. The Bertz CT molecular complexity index is 184. The van der Waals surface area contributed by atoms with Gasteiger partial charge in [-0.1, -0.05) is 6.08 Å². The Kier molecular flexibility index (Phi) is 1.55. The molecule has 0 aromatic carbocycles. The molecule has 0 fully saturated rings. The van der Waals surface area contributed by atoms with E-state index in [1.165, 1.54) is 5.71 Å². The minimum Gasteiger partial charge on any atom is -0.361 e. The van der Waals surface area contributed by atoms with Crippen molar-refractivity contribution in [3.8, 4) is 0 Å². The van der Waals surface area contributed by atoms with Crippen molar-refractivity contribution in [3.05, 3.63) is 12.2 Å². The van der Waals surface area contributed by atoms with Crippen LogP contribution in [0.15, 0.2) is 12.2 Å². The highest BCUT2D eigenvalue weighted by atomic mass is 16.5. The minimum absolute atomic E-state index is 0.374. The maximum Gasteiger partial charge on any atom is 0.203 e. The van der Waals surface area contributed by atoms with Gasteiger partial charge in [0.15, 0.2) is 6.54 Å². The third-order valence-electron chi connectivity index (χ3n) is 1.99. The Morgan fingerprint density at radius 3 is 3.50 bits per heavy atom. The molecule has 2 heteroatoms. The highest BCUT2D eigenvalue weighted by molar-refractivity contribution is 5.94. The van der Waals surface area contributed by atoms with E-state index in [-0.39, 0.29) is 0 Å². The number of hydrogen-bond acceptors (Lipinski definition) is 1. The molecular weight excluding hydrogens is 126 g/mol. The monoisotopic (exact) mass is 138 g/mol. The Hall–Kier alpha value is -0.630. The van der Waals surface area contributed by atoms with Crippen molar-refractivity contribution >= 4 is 5.71 Å². The SMILES string of the molecule is C1=CC2=[NH+]CCOC2CC1. The average Bonchev–Trinajstić information content (AvgIpc) is 2.05. The van der Waals surface area contributed by atoms with Crippen molar-refractivity contribution in [1.82, 2.24) is 0 Å². The first kappa shape index (κ1) is 6.10. The highest BCUT2D eigenvalue weighted by Gasteiger charge is 2.24. The molecule has 0 aromatic heterocycles. The van der Waals surface area contributed by atoms with Gasteiger partial charge in [0.05, 0.1) is 0 Å². The summed E-state index contributed by atoms with van der Waals surface area (Å²) in [4.78, 5) is 3.33. The van der Waals surface area contributed by atoms with Crippen LogP contribution < -0.4 is 4.99 Å². The lowest BCUT2D eigenvalue weighted by atomic mass is 10.0. The fourth-order valence-electron chi connectivity index (χ4n) is 1.46. The van der Waals surface area contributed by atoms with Crippen LogP contribution in [0.5, 0.6) is 0 Å². The molecule has 0 saturated carbocycles. The summed E-state index contributed by atoms with van der Waals surface area (Å²) in [5.41, 5.74) is 1.28. The molecule has 10 heavy (non-hydrogen) atoms. The van der Waals surface area contributed by atoms with Gasteiger partial charge in [-0.15, -0.1) is 0 Å². The van der Waals surface area contributed by atoms with E-state index in [1.54, 1.807) is 0 Å². The Balaban J connectivity index is 2.21. The van der Waals surface area contributed by atoms with Crippen LogP contribution in [0.3, 0.4) is 0 Å². The molecule has 2 nitrogen and oxygen atoms in total. The van der Waals surface area contributed by atoms with Crippen LogP contribution in [0.4, 0.5) is 0 Å². The van der Waals surface area contributed by atoms with Gasteiger partial charge in [0.1, 0.15) is 12.7 Å². The van der Waals surface area contributed by atoms with Crippen molar-refractivity contribution in [3.63, 3.8) is 0 Å². The maximum atomic E-state index is 5.53. The molecule has 0 spiro atoms. The van der Waals surface area contributed by atoms with E-state index in [9.17, 15) is 0 Å². The normalized spacial score (nSPS) is 31.2. The van der Waals surface area contributed by atoms with Gasteiger partial charge in [-0.25, -0.2) is 4.99 Å². The van der Waals surface area contributed by atoms with Crippen molar-refractivity contribution in [2.45, 2.75) is 18.9 Å². The fourth-order valence-corrected chi connectivity index (χ4v) is 1.46. The molecular formula is C8H12NO+. The molecule has 54 valence electrons. The predicted molar refractivity (Wildman–Crippen MR) is 39.0 cm³/mol. The number of rotatable bonds is 0. The molecule has 1 aliphatic heterocycles. The molecule has 0 saturated heterocycles. The van der Waals surface area contributed by atoms with E-state index in [1.807, 2.05) is 0 Å². The third kappa shape index (κ3) is 0.991. The van der Waals surface area contributed by atoms with Gasteiger partial charge in [0, 0.05) is 6.08 Å². The molecule has 0 radical (unpaired) electrons. The zero-order valence-corrected chi connectivity index (χ0v) is 5.97. The van der Waals surface area contributed by atoms with Gasteiger partial charge in [0.2, 0.25) is 5.71 Å². The molecule has 1 atom stereocenters. The summed E-state index contributed by atoms with van der Waals surface area (Å²) in [6.45, 7) is 1.83. The second-order valence-electron chi connectivity index (χ2n) is 2.72. The number of nitrogens with one attached hydrogen (secondary N) is 1. The van der Waals surface area contributed by atoms with E-state index in [4.69, 9.17) is 4.74 Å². The zero-order chi connectivity index (χ0) is 6.81. The summed E-state index contributed by atoms with van der Waals surface area (Å²) in [5, 5.41) is 0. The lowest BCUT2D eigenvalue weighted by Gasteiger charge is -2.19. The Morgan fingerprint density at radius 2 is 2.60 bits per heavy atom. The highest BCUT2D eigenvalue weighted by Crippen LogP contribution is 2.10. The number of allylic oxidation sites excluding steroid dienone is 1. The number of ether oxygens (including phenoxy) is 1. The largest absolute Gasteiger partial charge is 0.361 e. The first-order chi connectivity index (χ1) is 4.97. The summed E-state index contributed by atoms with van der Waals surface area (Å²) in [6.07, 6.45) is 7.04. The van der Waals surface area contributed by atoms with Crippen LogP contribution in [-0.2, 0) is 4.74 Å². The summed E-state index contributed by atoms with van der Waals surface area (Å²) in [5.74, 6) is 0. The summed E-state index contributed by atoms with van der Waals surface area (Å²) in [7, 11) is 0. The molecule has 1 aliphatic carbocycles. The lowest BCUT2D eigenvalue weighted by Crippen LogP contribution is -2.79. The molecule has 1 N–H and O–H groups in total. The van der Waals surface area contributed by atoms with Crippen LogP contribution in [0, 0.1) is 0 Å². The first-order valence-electron chi connectivity index (χ1n) is 3.86. The topological polar surface area (TPSA) is 23.2 Å². The van der Waals surface area contributed by atoms with Crippen molar-refractivity contribution in [1.29, 1.82) is 0 Å². The minimum atomic E-state index is 0.374. The molecule has 1 heterocycles. The van der Waals surface area contributed by atoms with Gasteiger partial charge in [0.25, 0.3) is 0 Å². The van der Waals surface area contributed by atoms with E-state index in [0.29, 0.717) is 6.10 Å². The second-order valence-corrected chi connectivity index (χ2v) is 2.72. The summed E-state index contributed by atoms with van der Waals surface area (Å²) in [6, 6.07) is 0. The predicted octanol–water partition coefficient (Wildman–Crippen LogP) is -0.743. The van der Waals surface area contributed by atoms with Crippen LogP contribution in [0.2, 0.25) is 0 Å². The Morgan fingerprint density at radius 1 is 1.60 bits per heavy atom. The first-order valence-corrected chi connectivity index (χ1v) is 3.86. The van der Waals surface area contributed by atoms with E-state index in [2.05, 4.69) is 17.1 Å². The van der Waals surface area contributed by atoms with Gasteiger partial charge >= 0.3 is 0 Å². The maximum absolute atomic E-state index is 5.53. The summed E-state index contributed by atoms with van der Waals surface area (Å²) >= 11 is 0. The van der Waals surface area contributed by atoms with Crippen LogP contribution in [0.1, 0.15) is 12.8 Å². The molecule has 2 rings (SSSR count). The standard InChI is InChI=1S/C8H11NO/c1-2-4-8-7(3-1)9-5-6-10-8/h1,3,8H,2,4-6H2/p+1. The molecule has 0 aromatic rings. The van der Waals surface area contributed by atoms with E-state index < -0.39 is 0 Å². The molecule has 1 unspecified atom stereocenters. The van der Waals surface area contributed by atoms with Crippen LogP contribution >= 0.6 is 0 Å². The van der Waals surface area contributed by atoms with Crippen LogP contribution in [-0.4, -0.2) is 25.0 Å². The number of hydrogen-bond donors (Lipinski definition) is 1. The molecule has 2 aliphatic rings. The van der Waals surface area contributed by atoms with Gasteiger partial charge < -0.3 is 4.74 Å².